The van der Waals surface area contributed by atoms with Gasteiger partial charge in [0.05, 0.1) is 0 Å². The number of hydrogen-bond acceptors (Lipinski definition) is 2. The Bertz CT molecular complexity index is 284. The first-order valence-corrected chi connectivity index (χ1v) is 6.52. The Hall–Kier alpha value is -0.570. The third-order valence-corrected chi connectivity index (χ3v) is 3.21. The smallest absolute Gasteiger partial charge is 0.225 e. The Morgan fingerprint density at radius 1 is 1.12 bits per heavy atom. The van der Waals surface area contributed by atoms with Crippen molar-refractivity contribution in [2.24, 2.45) is 5.41 Å². The maximum atomic E-state index is 12.0. The number of rotatable bonds is 1. The molecular formula is C14H28N2O. The molecular weight excluding hydrogens is 212 g/mol. The van der Waals surface area contributed by atoms with Crippen LogP contribution in [0.4, 0.5) is 0 Å². The lowest BCUT2D eigenvalue weighted by molar-refractivity contribution is -0.129. The van der Waals surface area contributed by atoms with Gasteiger partial charge in [0, 0.05) is 22.5 Å². The molecule has 1 rings (SSSR count). The van der Waals surface area contributed by atoms with Crippen molar-refractivity contribution >= 4 is 5.91 Å². The summed E-state index contributed by atoms with van der Waals surface area (Å²) in [6.07, 6.45) is 1.97. The fourth-order valence-electron chi connectivity index (χ4n) is 2.83. The summed E-state index contributed by atoms with van der Waals surface area (Å²) in [7, 11) is 0. The lowest BCUT2D eigenvalue weighted by Crippen LogP contribution is -2.62. The van der Waals surface area contributed by atoms with Crippen molar-refractivity contribution in [1.29, 1.82) is 0 Å². The standard InChI is InChI=1S/C14H28N2O/c1-12(2,3)11(17)15-10-8-13(4,5)16-14(6,7)9-10/h10,16H,8-9H2,1-7H3,(H,15,17). The largest absolute Gasteiger partial charge is 0.353 e. The molecule has 0 atom stereocenters. The van der Waals surface area contributed by atoms with E-state index in [1.165, 1.54) is 0 Å². The van der Waals surface area contributed by atoms with Crippen molar-refractivity contribution in [3.05, 3.63) is 0 Å². The van der Waals surface area contributed by atoms with E-state index >= 15 is 0 Å². The predicted molar refractivity (Wildman–Crippen MR) is 71.9 cm³/mol. The maximum Gasteiger partial charge on any atom is 0.225 e. The summed E-state index contributed by atoms with van der Waals surface area (Å²) in [4.78, 5) is 12.0. The minimum Gasteiger partial charge on any atom is -0.353 e. The van der Waals surface area contributed by atoms with Crippen molar-refractivity contribution in [2.75, 3.05) is 0 Å². The van der Waals surface area contributed by atoms with E-state index in [2.05, 4.69) is 38.3 Å². The van der Waals surface area contributed by atoms with Gasteiger partial charge in [-0.05, 0) is 40.5 Å². The van der Waals surface area contributed by atoms with Crippen LogP contribution in [0.15, 0.2) is 0 Å². The molecule has 0 aromatic rings. The lowest BCUT2D eigenvalue weighted by Gasteiger charge is -2.47. The van der Waals surface area contributed by atoms with E-state index in [1.807, 2.05) is 20.8 Å². The second kappa shape index (κ2) is 4.27. The maximum absolute atomic E-state index is 12.0. The Kier molecular flexibility index (Phi) is 3.64. The minimum absolute atomic E-state index is 0.0809. The molecule has 0 aliphatic carbocycles. The SMILES string of the molecule is CC1(C)CC(NC(=O)C(C)(C)C)CC(C)(C)N1. The topological polar surface area (TPSA) is 41.1 Å². The number of carbonyl (C=O) groups is 1. The number of piperidine rings is 1. The fourth-order valence-corrected chi connectivity index (χ4v) is 2.83. The zero-order valence-electron chi connectivity index (χ0n) is 12.4. The van der Waals surface area contributed by atoms with Gasteiger partial charge in [0.1, 0.15) is 0 Å². The van der Waals surface area contributed by atoms with E-state index in [1.54, 1.807) is 0 Å². The summed E-state index contributed by atoms with van der Waals surface area (Å²) in [6.45, 7) is 14.7. The van der Waals surface area contributed by atoms with Gasteiger partial charge >= 0.3 is 0 Å². The molecule has 1 aliphatic heterocycles. The molecule has 17 heavy (non-hydrogen) atoms. The number of nitrogens with one attached hydrogen (secondary N) is 2. The molecule has 100 valence electrons. The van der Waals surface area contributed by atoms with Crippen molar-refractivity contribution in [3.8, 4) is 0 Å². The quantitative estimate of drug-likeness (QED) is 0.739. The van der Waals surface area contributed by atoms with E-state index in [-0.39, 0.29) is 28.4 Å². The third kappa shape index (κ3) is 4.30. The molecule has 1 amide bonds. The van der Waals surface area contributed by atoms with Gasteiger partial charge in [0.25, 0.3) is 0 Å². The van der Waals surface area contributed by atoms with Crippen LogP contribution >= 0.6 is 0 Å². The second-order valence-electron chi connectivity index (χ2n) is 7.72. The molecule has 3 heteroatoms. The first kappa shape index (κ1) is 14.5. The minimum atomic E-state index is -0.306. The van der Waals surface area contributed by atoms with Crippen LogP contribution in [-0.4, -0.2) is 23.0 Å². The van der Waals surface area contributed by atoms with Gasteiger partial charge in [-0.1, -0.05) is 20.8 Å². The third-order valence-electron chi connectivity index (χ3n) is 3.21. The molecule has 0 radical (unpaired) electrons. The van der Waals surface area contributed by atoms with Crippen LogP contribution in [0.3, 0.4) is 0 Å². The molecule has 0 unspecified atom stereocenters. The number of amides is 1. The molecule has 0 spiro atoms. The molecule has 1 fully saturated rings. The molecule has 1 saturated heterocycles. The Balaban J connectivity index is 2.70. The monoisotopic (exact) mass is 240 g/mol. The van der Waals surface area contributed by atoms with Crippen LogP contribution in [0.25, 0.3) is 0 Å². The summed E-state index contributed by atoms with van der Waals surface area (Å²) in [5, 5.41) is 6.81. The van der Waals surface area contributed by atoms with Crippen LogP contribution in [0.2, 0.25) is 0 Å². The highest BCUT2D eigenvalue weighted by atomic mass is 16.2. The van der Waals surface area contributed by atoms with Gasteiger partial charge < -0.3 is 10.6 Å². The number of carbonyl (C=O) groups excluding carboxylic acids is 1. The van der Waals surface area contributed by atoms with Crippen LogP contribution in [0.1, 0.15) is 61.3 Å². The van der Waals surface area contributed by atoms with Crippen molar-refractivity contribution in [1.82, 2.24) is 10.6 Å². The first-order valence-electron chi connectivity index (χ1n) is 6.52. The van der Waals surface area contributed by atoms with Crippen molar-refractivity contribution in [2.45, 2.75) is 78.4 Å². The Morgan fingerprint density at radius 3 is 1.88 bits per heavy atom. The van der Waals surface area contributed by atoms with E-state index < -0.39 is 0 Å². The van der Waals surface area contributed by atoms with Crippen LogP contribution < -0.4 is 10.6 Å². The fraction of sp³-hybridized carbons (Fsp3) is 0.929. The van der Waals surface area contributed by atoms with E-state index in [0.717, 1.165) is 12.8 Å². The highest BCUT2D eigenvalue weighted by Crippen LogP contribution is 2.29. The summed E-state index contributed by atoms with van der Waals surface area (Å²) >= 11 is 0. The van der Waals surface area contributed by atoms with Gasteiger partial charge in [-0.15, -0.1) is 0 Å². The Labute approximate surface area is 106 Å². The first-order chi connectivity index (χ1) is 7.41. The van der Waals surface area contributed by atoms with Gasteiger partial charge in [-0.2, -0.15) is 0 Å². The molecule has 0 saturated carbocycles. The molecule has 1 heterocycles. The summed E-state index contributed by atoms with van der Waals surface area (Å²) in [5.74, 6) is 0.149. The van der Waals surface area contributed by atoms with Crippen LogP contribution in [0.5, 0.6) is 0 Å². The molecule has 0 aromatic heterocycles. The number of hydrogen-bond donors (Lipinski definition) is 2. The Morgan fingerprint density at radius 2 is 1.53 bits per heavy atom. The lowest BCUT2D eigenvalue weighted by atomic mass is 9.79. The molecule has 1 aliphatic rings. The van der Waals surface area contributed by atoms with Crippen LogP contribution in [-0.2, 0) is 4.79 Å². The van der Waals surface area contributed by atoms with Crippen LogP contribution in [0, 0.1) is 5.41 Å². The molecule has 2 N–H and O–H groups in total. The molecule has 3 nitrogen and oxygen atoms in total. The summed E-state index contributed by atoms with van der Waals surface area (Å²) < 4.78 is 0. The zero-order valence-corrected chi connectivity index (χ0v) is 12.4. The average molecular weight is 240 g/mol. The average Bonchev–Trinajstić information content (AvgIpc) is 1.94. The normalized spacial score (nSPS) is 24.4. The van der Waals surface area contributed by atoms with E-state index in [0.29, 0.717) is 0 Å². The predicted octanol–water partition coefficient (Wildman–Crippen LogP) is 2.46. The molecule has 0 aromatic carbocycles. The second-order valence-corrected chi connectivity index (χ2v) is 7.72. The summed E-state index contributed by atoms with van der Waals surface area (Å²) in [5.41, 5.74) is -0.145. The van der Waals surface area contributed by atoms with Gasteiger partial charge in [-0.25, -0.2) is 0 Å². The highest BCUT2D eigenvalue weighted by Gasteiger charge is 2.39. The van der Waals surface area contributed by atoms with E-state index in [4.69, 9.17) is 0 Å². The van der Waals surface area contributed by atoms with E-state index in [9.17, 15) is 4.79 Å². The highest BCUT2D eigenvalue weighted by molar-refractivity contribution is 5.81. The van der Waals surface area contributed by atoms with Crippen molar-refractivity contribution < 1.29 is 4.79 Å². The van der Waals surface area contributed by atoms with Crippen molar-refractivity contribution in [3.63, 3.8) is 0 Å². The molecule has 0 bridgehead atoms. The van der Waals surface area contributed by atoms with Gasteiger partial charge in [0.15, 0.2) is 0 Å². The zero-order chi connectivity index (χ0) is 13.5. The summed E-state index contributed by atoms with van der Waals surface area (Å²) in [6, 6.07) is 0.271. The van der Waals surface area contributed by atoms with Gasteiger partial charge in [-0.3, -0.25) is 4.79 Å². The van der Waals surface area contributed by atoms with Gasteiger partial charge in [0.2, 0.25) is 5.91 Å².